The van der Waals surface area contributed by atoms with Crippen molar-refractivity contribution in [3.05, 3.63) is 83.9 Å². The van der Waals surface area contributed by atoms with E-state index >= 15 is 0 Å². The Balaban J connectivity index is 1.53. The molecular formula is C20H18NO3P. The third-order valence-corrected chi connectivity index (χ3v) is 4.89. The lowest BCUT2D eigenvalue weighted by Gasteiger charge is -2.16. The molecule has 3 aromatic rings. The van der Waals surface area contributed by atoms with Gasteiger partial charge in [-0.25, -0.2) is 0 Å². The Kier molecular flexibility index (Phi) is 4.41. The van der Waals surface area contributed by atoms with Gasteiger partial charge in [0.1, 0.15) is 5.75 Å². The average molecular weight is 351 g/mol. The maximum absolute atomic E-state index is 8.89. The van der Waals surface area contributed by atoms with Crippen molar-refractivity contribution in [2.75, 3.05) is 11.9 Å². The second kappa shape index (κ2) is 6.85. The van der Waals surface area contributed by atoms with E-state index < -0.39 is 8.60 Å². The predicted octanol–water partition coefficient (Wildman–Crippen LogP) is 4.50. The fourth-order valence-electron chi connectivity index (χ4n) is 3.43. The molecular weight excluding hydrogens is 333 g/mol. The highest BCUT2D eigenvalue weighted by atomic mass is 31.2. The lowest BCUT2D eigenvalue weighted by molar-refractivity contribution is 0.375. The summed E-state index contributed by atoms with van der Waals surface area (Å²) < 4.78 is 4.89. The molecule has 0 aliphatic heterocycles. The zero-order valence-electron chi connectivity index (χ0n) is 13.5. The standard InChI is InChI=1S/C20H18NO3P/c22-25(23)24-15-11-9-14(10-12-15)21-13-20-18-7-3-1-5-16(18)17-6-2-4-8-19(17)20/h1-12,20-23H,13H2. The van der Waals surface area contributed by atoms with E-state index in [9.17, 15) is 0 Å². The number of hydrogen-bond donors (Lipinski definition) is 3. The lowest BCUT2D eigenvalue weighted by atomic mass is 9.97. The van der Waals surface area contributed by atoms with E-state index in [2.05, 4.69) is 53.8 Å². The molecule has 0 heterocycles. The summed E-state index contributed by atoms with van der Waals surface area (Å²) in [5, 5.41) is 3.47. The Morgan fingerprint density at radius 3 is 1.92 bits per heavy atom. The van der Waals surface area contributed by atoms with E-state index in [1.807, 2.05) is 12.1 Å². The van der Waals surface area contributed by atoms with Crippen molar-refractivity contribution in [1.29, 1.82) is 0 Å². The largest absolute Gasteiger partial charge is 0.427 e. The average Bonchev–Trinajstić information content (AvgIpc) is 2.95. The molecule has 126 valence electrons. The first-order valence-electron chi connectivity index (χ1n) is 8.10. The number of hydrogen-bond acceptors (Lipinski definition) is 4. The predicted molar refractivity (Wildman–Crippen MR) is 101 cm³/mol. The van der Waals surface area contributed by atoms with Crippen LogP contribution < -0.4 is 9.84 Å². The van der Waals surface area contributed by atoms with Crippen LogP contribution in [0.1, 0.15) is 17.0 Å². The van der Waals surface area contributed by atoms with Gasteiger partial charge in [0.25, 0.3) is 0 Å². The van der Waals surface area contributed by atoms with Crippen molar-refractivity contribution in [1.82, 2.24) is 0 Å². The Hall–Kier alpha value is -2.39. The molecule has 1 aliphatic carbocycles. The van der Waals surface area contributed by atoms with Gasteiger partial charge >= 0.3 is 8.60 Å². The van der Waals surface area contributed by atoms with E-state index in [1.54, 1.807) is 12.1 Å². The van der Waals surface area contributed by atoms with E-state index in [0.717, 1.165) is 12.2 Å². The molecule has 0 saturated carbocycles. The smallest absolute Gasteiger partial charge is 0.391 e. The minimum Gasteiger partial charge on any atom is -0.427 e. The number of anilines is 1. The summed E-state index contributed by atoms with van der Waals surface area (Å²) in [6, 6.07) is 24.3. The van der Waals surface area contributed by atoms with E-state index in [4.69, 9.17) is 14.3 Å². The summed E-state index contributed by atoms with van der Waals surface area (Å²) in [6.07, 6.45) is 0. The first-order chi connectivity index (χ1) is 12.2. The lowest BCUT2D eigenvalue weighted by Crippen LogP contribution is -2.11. The van der Waals surface area contributed by atoms with Crippen LogP contribution in [0.2, 0.25) is 0 Å². The van der Waals surface area contributed by atoms with Gasteiger partial charge in [0.2, 0.25) is 0 Å². The first kappa shape index (κ1) is 16.1. The molecule has 0 radical (unpaired) electrons. The van der Waals surface area contributed by atoms with Crippen molar-refractivity contribution < 1.29 is 14.3 Å². The molecule has 25 heavy (non-hydrogen) atoms. The highest BCUT2D eigenvalue weighted by Gasteiger charge is 2.27. The number of fused-ring (bicyclic) bond motifs is 3. The van der Waals surface area contributed by atoms with Gasteiger partial charge < -0.3 is 19.6 Å². The third kappa shape index (κ3) is 3.24. The summed E-state index contributed by atoms with van der Waals surface area (Å²) in [4.78, 5) is 17.8. The van der Waals surface area contributed by atoms with Crippen LogP contribution in [0.15, 0.2) is 72.8 Å². The number of nitrogens with one attached hydrogen (secondary N) is 1. The van der Waals surface area contributed by atoms with Crippen LogP contribution in [0.4, 0.5) is 5.69 Å². The molecule has 0 amide bonds. The fraction of sp³-hybridized carbons (Fsp3) is 0.100. The van der Waals surface area contributed by atoms with Crippen molar-refractivity contribution in [2.45, 2.75) is 5.92 Å². The normalized spacial score (nSPS) is 12.8. The first-order valence-corrected chi connectivity index (χ1v) is 9.27. The van der Waals surface area contributed by atoms with Crippen molar-refractivity contribution >= 4 is 14.3 Å². The monoisotopic (exact) mass is 351 g/mol. The topological polar surface area (TPSA) is 61.7 Å². The van der Waals surface area contributed by atoms with Crippen LogP contribution in [-0.2, 0) is 0 Å². The summed E-state index contributed by atoms with van der Waals surface area (Å²) in [6.45, 7) is 0.793. The number of benzene rings is 3. The molecule has 3 N–H and O–H groups in total. The highest BCUT2D eigenvalue weighted by Crippen LogP contribution is 2.44. The van der Waals surface area contributed by atoms with Gasteiger partial charge in [-0.2, -0.15) is 0 Å². The molecule has 1 aliphatic rings. The van der Waals surface area contributed by atoms with Crippen LogP contribution >= 0.6 is 8.60 Å². The second-order valence-electron chi connectivity index (χ2n) is 5.98. The molecule has 0 fully saturated rings. The van der Waals surface area contributed by atoms with Crippen LogP contribution in [0.3, 0.4) is 0 Å². The quantitative estimate of drug-likeness (QED) is 0.592. The maximum atomic E-state index is 8.89. The summed E-state index contributed by atoms with van der Waals surface area (Å²) in [5.41, 5.74) is 6.29. The zero-order chi connectivity index (χ0) is 17.2. The molecule has 0 unspecified atom stereocenters. The van der Waals surface area contributed by atoms with Gasteiger partial charge in [-0.15, -0.1) is 0 Å². The maximum Gasteiger partial charge on any atom is 0.391 e. The number of rotatable bonds is 5. The second-order valence-corrected chi connectivity index (χ2v) is 6.66. The summed E-state index contributed by atoms with van der Waals surface area (Å²) in [5.74, 6) is 0.754. The molecule has 3 aromatic carbocycles. The Morgan fingerprint density at radius 1 is 0.800 bits per heavy atom. The highest BCUT2D eigenvalue weighted by molar-refractivity contribution is 7.39. The van der Waals surface area contributed by atoms with Crippen LogP contribution in [0, 0.1) is 0 Å². The SMILES string of the molecule is OP(O)Oc1ccc(NCC2c3ccccc3-c3ccccc32)cc1. The van der Waals surface area contributed by atoms with E-state index in [0.29, 0.717) is 11.7 Å². The summed E-state index contributed by atoms with van der Waals surface area (Å²) >= 11 is 0. The van der Waals surface area contributed by atoms with Crippen molar-refractivity contribution in [3.8, 4) is 16.9 Å². The molecule has 0 atom stereocenters. The molecule has 0 bridgehead atoms. The van der Waals surface area contributed by atoms with Gasteiger partial charge in [0, 0.05) is 18.2 Å². The minimum atomic E-state index is -2.38. The van der Waals surface area contributed by atoms with Crippen molar-refractivity contribution in [3.63, 3.8) is 0 Å². The molecule has 4 rings (SSSR count). The van der Waals surface area contributed by atoms with Crippen LogP contribution in [0.25, 0.3) is 11.1 Å². The Morgan fingerprint density at radius 2 is 1.36 bits per heavy atom. The van der Waals surface area contributed by atoms with Gasteiger partial charge in [-0.3, -0.25) is 0 Å². The molecule has 0 aromatic heterocycles. The molecule has 4 nitrogen and oxygen atoms in total. The molecule has 0 spiro atoms. The van der Waals surface area contributed by atoms with Gasteiger partial charge in [0.05, 0.1) is 0 Å². The summed E-state index contributed by atoms with van der Waals surface area (Å²) in [7, 11) is -2.38. The van der Waals surface area contributed by atoms with E-state index in [-0.39, 0.29) is 0 Å². The van der Waals surface area contributed by atoms with E-state index in [1.165, 1.54) is 22.3 Å². The Labute approximate surface area is 147 Å². The van der Waals surface area contributed by atoms with Gasteiger partial charge in [0.15, 0.2) is 0 Å². The third-order valence-electron chi connectivity index (χ3n) is 4.51. The van der Waals surface area contributed by atoms with Crippen molar-refractivity contribution in [2.24, 2.45) is 0 Å². The van der Waals surface area contributed by atoms with Gasteiger partial charge in [-0.1, -0.05) is 48.5 Å². The minimum absolute atomic E-state index is 0.311. The van der Waals surface area contributed by atoms with Crippen LogP contribution in [0.5, 0.6) is 5.75 Å². The van der Waals surface area contributed by atoms with Crippen LogP contribution in [-0.4, -0.2) is 16.3 Å². The Bertz CT molecular complexity index is 835. The van der Waals surface area contributed by atoms with Gasteiger partial charge in [-0.05, 0) is 46.5 Å². The molecule has 5 heteroatoms. The fourth-order valence-corrected chi connectivity index (χ4v) is 3.74. The molecule has 0 saturated heterocycles. The zero-order valence-corrected chi connectivity index (χ0v) is 14.4.